The molecule has 0 radical (unpaired) electrons. The fourth-order valence-electron chi connectivity index (χ4n) is 5.52. The molecule has 0 N–H and O–H groups in total. The van der Waals surface area contributed by atoms with Crippen molar-refractivity contribution in [1.29, 1.82) is 0 Å². The van der Waals surface area contributed by atoms with Crippen molar-refractivity contribution in [3.63, 3.8) is 0 Å². The van der Waals surface area contributed by atoms with Gasteiger partial charge in [0, 0.05) is 0 Å². The average Bonchev–Trinajstić information content (AvgIpc) is 3.35. The normalized spacial score (nSPS) is 19.8. The quantitative estimate of drug-likeness (QED) is 0.325. The van der Waals surface area contributed by atoms with Crippen molar-refractivity contribution in [1.82, 2.24) is 0 Å². The van der Waals surface area contributed by atoms with Gasteiger partial charge in [-0.05, 0) is 0 Å². The monoisotopic (exact) mass is 532 g/mol. The summed E-state index contributed by atoms with van der Waals surface area (Å²) in [5.41, 5.74) is 7.48. The summed E-state index contributed by atoms with van der Waals surface area (Å²) in [6.45, 7) is 9.21. The number of allylic oxidation sites excluding steroid dienone is 2. The van der Waals surface area contributed by atoms with E-state index >= 15 is 0 Å². The van der Waals surface area contributed by atoms with Crippen LogP contribution < -0.4 is 0 Å². The second kappa shape index (κ2) is 8.51. The molecule has 2 atom stereocenters. The van der Waals surface area contributed by atoms with Gasteiger partial charge in [-0.15, -0.1) is 0 Å². The van der Waals surface area contributed by atoms with E-state index in [9.17, 15) is 0 Å². The first-order chi connectivity index (χ1) is 14.3. The molecule has 2 aromatic carbocycles. The molecule has 0 bridgehead atoms. The topological polar surface area (TPSA) is 0 Å². The molecule has 4 heteroatoms. The van der Waals surface area contributed by atoms with Crippen LogP contribution in [0.15, 0.2) is 48.6 Å². The molecule has 0 fully saturated rings. The molecule has 0 aromatic heterocycles. The molecule has 0 heterocycles. The van der Waals surface area contributed by atoms with Gasteiger partial charge in [-0.25, -0.2) is 0 Å². The Morgan fingerprint density at radius 2 is 1.20 bits per heavy atom. The molecule has 0 amide bonds. The van der Waals surface area contributed by atoms with E-state index in [0.29, 0.717) is 0 Å². The summed E-state index contributed by atoms with van der Waals surface area (Å²) in [6, 6.07) is 13.5. The Hall–Kier alpha value is -0.400. The number of hydrogen-bond donors (Lipinski definition) is 0. The van der Waals surface area contributed by atoms with Crippen LogP contribution in [-0.4, -0.2) is 5.43 Å². The van der Waals surface area contributed by atoms with Gasteiger partial charge >= 0.3 is 191 Å². The van der Waals surface area contributed by atoms with Crippen LogP contribution >= 0.6 is 17.0 Å². The Morgan fingerprint density at radius 1 is 0.767 bits per heavy atom. The maximum absolute atomic E-state index is 7.97. The molecule has 0 saturated heterocycles. The predicted molar refractivity (Wildman–Crippen MR) is 134 cm³/mol. The van der Waals surface area contributed by atoms with Crippen LogP contribution in [-0.2, 0) is 27.9 Å². The van der Waals surface area contributed by atoms with Crippen molar-refractivity contribution in [3.05, 3.63) is 81.9 Å². The Balaban J connectivity index is 1.90. The molecule has 0 spiro atoms. The second-order valence-electron chi connectivity index (χ2n) is 9.17. The first-order valence-corrected chi connectivity index (χ1v) is 26.7. The van der Waals surface area contributed by atoms with E-state index in [1.165, 1.54) is 33.4 Å². The third-order valence-corrected chi connectivity index (χ3v) is 53.9. The molecule has 0 saturated carbocycles. The van der Waals surface area contributed by atoms with E-state index in [4.69, 9.17) is 17.0 Å². The predicted octanol–water partition coefficient (Wildman–Crippen LogP) is 8.68. The number of halogens is 2. The van der Waals surface area contributed by atoms with Gasteiger partial charge in [0.15, 0.2) is 0 Å². The number of aryl methyl sites for hydroxylation is 2. The average molecular weight is 535 g/mol. The van der Waals surface area contributed by atoms with Gasteiger partial charge in [0.25, 0.3) is 0 Å². The van der Waals surface area contributed by atoms with Crippen molar-refractivity contribution in [3.8, 4) is 0 Å². The van der Waals surface area contributed by atoms with Gasteiger partial charge in [-0.2, -0.15) is 0 Å². The van der Waals surface area contributed by atoms with E-state index in [0.717, 1.165) is 25.7 Å². The molecular formula is C26H32Cl2SiZr. The molecular weight excluding hydrogens is 503 g/mol. The first-order valence-electron chi connectivity index (χ1n) is 11.3. The Kier molecular flexibility index (Phi) is 6.46. The number of fused-ring (bicyclic) bond motifs is 2. The Bertz CT molecular complexity index is 1040. The van der Waals surface area contributed by atoms with Gasteiger partial charge in [-0.1, -0.05) is 0 Å². The number of hydrogen-bond acceptors (Lipinski definition) is 0. The summed E-state index contributed by atoms with van der Waals surface area (Å²) < 4.78 is 0.391. The second-order valence-corrected chi connectivity index (χ2v) is 48.2. The molecule has 2 aromatic rings. The van der Waals surface area contributed by atoms with Gasteiger partial charge < -0.3 is 0 Å². The Labute approximate surface area is 190 Å². The zero-order valence-electron chi connectivity index (χ0n) is 18.5. The third-order valence-electron chi connectivity index (χ3n) is 7.18. The summed E-state index contributed by atoms with van der Waals surface area (Å²) in [5, 5.41) is 0. The van der Waals surface area contributed by atoms with E-state index in [-0.39, 0.29) is 7.25 Å². The van der Waals surface area contributed by atoms with Gasteiger partial charge in [-0.3, -0.25) is 0 Å². The molecule has 4 rings (SSSR count). The zero-order valence-corrected chi connectivity index (χ0v) is 23.5. The molecule has 158 valence electrons. The minimum atomic E-state index is -4.34. The van der Waals surface area contributed by atoms with Crippen LogP contribution in [0.5, 0.6) is 0 Å². The third kappa shape index (κ3) is 3.42. The van der Waals surface area contributed by atoms with Crippen molar-refractivity contribution < 1.29 is 15.0 Å². The van der Waals surface area contributed by atoms with Crippen molar-refractivity contribution in [2.24, 2.45) is 0 Å². The molecule has 2 aliphatic rings. The van der Waals surface area contributed by atoms with E-state index in [2.05, 4.69) is 87.6 Å². The maximum atomic E-state index is 7.97. The minimum absolute atomic E-state index is 0.195. The van der Waals surface area contributed by atoms with Crippen LogP contribution in [0, 0.1) is 0 Å². The SMILES string of the molecule is CCCc1cccc2c1C=C[CH]2[Zr]([Cl])([Cl])([CH]1C=Cc2c(CCC)cccc21)=[Si](C)C. The van der Waals surface area contributed by atoms with E-state index in [1.807, 2.05) is 0 Å². The van der Waals surface area contributed by atoms with Gasteiger partial charge in [0.05, 0.1) is 0 Å². The van der Waals surface area contributed by atoms with Crippen molar-refractivity contribution in [2.75, 3.05) is 0 Å². The fourth-order valence-corrected chi connectivity index (χ4v) is 30.6. The van der Waals surface area contributed by atoms with Crippen molar-refractivity contribution >= 4 is 34.6 Å². The van der Waals surface area contributed by atoms with Crippen LogP contribution in [0.25, 0.3) is 12.2 Å². The molecule has 0 aliphatic heterocycles. The zero-order chi connectivity index (χ0) is 21.5. The fraction of sp³-hybridized carbons (Fsp3) is 0.385. The van der Waals surface area contributed by atoms with E-state index < -0.39 is 20.4 Å². The standard InChI is InChI=1S/2C12H13.C2H6Si.2ClH.Zr/c2*1-2-5-10-6-3-7-11-8-4-9-12(10)11;1-3-2;;;/h2*3-4,6-9H,2,5H2,1H3;1-2H3;2*1H;/q;;;;;+2/p-2. The molecule has 2 unspecified atom stereocenters. The van der Waals surface area contributed by atoms with Crippen LogP contribution in [0.1, 0.15) is 67.3 Å². The van der Waals surface area contributed by atoms with Crippen LogP contribution in [0.2, 0.25) is 13.1 Å². The van der Waals surface area contributed by atoms with E-state index in [1.54, 1.807) is 0 Å². The summed E-state index contributed by atoms with van der Waals surface area (Å²) >= 11 is -4.34. The number of benzene rings is 2. The molecule has 2 aliphatic carbocycles. The van der Waals surface area contributed by atoms with Gasteiger partial charge in [0.2, 0.25) is 0 Å². The first kappa shape index (κ1) is 22.8. The van der Waals surface area contributed by atoms with Gasteiger partial charge in [0.1, 0.15) is 0 Å². The molecule has 30 heavy (non-hydrogen) atoms. The Morgan fingerprint density at radius 3 is 1.57 bits per heavy atom. The summed E-state index contributed by atoms with van der Waals surface area (Å²) in [5.74, 6) is 0. The summed E-state index contributed by atoms with van der Waals surface area (Å²) in [4.78, 5) is 0. The summed E-state index contributed by atoms with van der Waals surface area (Å²) in [6.07, 6.45) is 13.9. The van der Waals surface area contributed by atoms with Crippen LogP contribution in [0.3, 0.4) is 0 Å². The number of rotatable bonds is 6. The van der Waals surface area contributed by atoms with Crippen molar-refractivity contribution in [2.45, 2.75) is 59.9 Å². The van der Waals surface area contributed by atoms with Crippen LogP contribution in [0.4, 0.5) is 0 Å². The summed E-state index contributed by atoms with van der Waals surface area (Å²) in [7, 11) is 15.9. The molecule has 0 nitrogen and oxygen atoms in total.